The molecule has 2 aromatic rings. The average Bonchev–Trinajstić information content (AvgIpc) is 2.67. The summed E-state index contributed by atoms with van der Waals surface area (Å²) < 4.78 is 24.9. The van der Waals surface area contributed by atoms with Gasteiger partial charge in [-0.3, -0.25) is 4.40 Å². The van der Waals surface area contributed by atoms with Crippen LogP contribution in [-0.2, 0) is 9.84 Å². The van der Waals surface area contributed by atoms with E-state index in [1.54, 1.807) is 12.1 Å². The Kier molecular flexibility index (Phi) is 2.81. The van der Waals surface area contributed by atoms with E-state index in [1.165, 1.54) is 17.5 Å². The minimum atomic E-state index is -3.51. The SMILES string of the molecule is CCS(=O)(=O)c1nc2ccc(Cl)cn2c1C#N. The van der Waals surface area contributed by atoms with Crippen LogP contribution in [0.2, 0.25) is 5.02 Å². The largest absolute Gasteiger partial charge is 0.289 e. The Hall–Kier alpha value is -1.58. The number of hydrogen-bond acceptors (Lipinski definition) is 4. The zero-order chi connectivity index (χ0) is 12.6. The monoisotopic (exact) mass is 269 g/mol. The third kappa shape index (κ3) is 1.88. The minimum Gasteiger partial charge on any atom is -0.289 e. The van der Waals surface area contributed by atoms with Gasteiger partial charge in [0.05, 0.1) is 10.8 Å². The van der Waals surface area contributed by atoms with E-state index in [0.717, 1.165) is 0 Å². The number of nitriles is 1. The summed E-state index contributed by atoms with van der Waals surface area (Å²) >= 11 is 5.80. The van der Waals surface area contributed by atoms with Crippen molar-refractivity contribution >= 4 is 27.1 Å². The van der Waals surface area contributed by atoms with Crippen LogP contribution in [0.25, 0.3) is 5.65 Å². The fourth-order valence-electron chi connectivity index (χ4n) is 1.45. The van der Waals surface area contributed by atoms with Crippen LogP contribution in [-0.4, -0.2) is 23.6 Å². The normalized spacial score (nSPS) is 11.6. The van der Waals surface area contributed by atoms with Gasteiger partial charge in [-0.1, -0.05) is 18.5 Å². The Morgan fingerprint density at radius 3 is 2.82 bits per heavy atom. The van der Waals surface area contributed by atoms with Gasteiger partial charge in [0.25, 0.3) is 0 Å². The molecule has 2 rings (SSSR count). The first-order chi connectivity index (χ1) is 7.99. The van der Waals surface area contributed by atoms with Gasteiger partial charge in [0.1, 0.15) is 11.7 Å². The lowest BCUT2D eigenvalue weighted by atomic mass is 10.4. The molecule has 0 amide bonds. The second kappa shape index (κ2) is 4.02. The lowest BCUT2D eigenvalue weighted by Crippen LogP contribution is -2.06. The molecule has 0 spiro atoms. The zero-order valence-corrected chi connectivity index (χ0v) is 10.5. The summed E-state index contributed by atoms with van der Waals surface area (Å²) in [6.07, 6.45) is 1.47. The molecule has 0 fully saturated rings. The van der Waals surface area contributed by atoms with Gasteiger partial charge in [-0.2, -0.15) is 5.26 Å². The summed E-state index contributed by atoms with van der Waals surface area (Å²) in [5, 5.41) is 9.26. The minimum absolute atomic E-state index is 0.00986. The van der Waals surface area contributed by atoms with Crippen molar-refractivity contribution < 1.29 is 8.42 Å². The number of aromatic nitrogens is 2. The van der Waals surface area contributed by atoms with Crippen LogP contribution in [0.15, 0.2) is 23.4 Å². The highest BCUT2D eigenvalue weighted by Crippen LogP contribution is 2.20. The summed E-state index contributed by atoms with van der Waals surface area (Å²) in [7, 11) is -3.51. The van der Waals surface area contributed by atoms with Crippen molar-refractivity contribution in [3.8, 4) is 6.07 Å². The van der Waals surface area contributed by atoms with Crippen molar-refractivity contribution in [1.29, 1.82) is 5.26 Å². The number of sulfone groups is 1. The highest BCUT2D eigenvalue weighted by atomic mass is 35.5. The van der Waals surface area contributed by atoms with Crippen LogP contribution in [0.4, 0.5) is 0 Å². The Bertz CT molecular complexity index is 728. The predicted molar refractivity (Wildman–Crippen MR) is 62.6 cm³/mol. The molecule has 0 saturated heterocycles. The number of hydrogen-bond donors (Lipinski definition) is 0. The fourth-order valence-corrected chi connectivity index (χ4v) is 2.56. The van der Waals surface area contributed by atoms with E-state index < -0.39 is 9.84 Å². The molecule has 0 radical (unpaired) electrons. The number of imidazole rings is 1. The smallest absolute Gasteiger partial charge is 0.198 e. The standard InChI is InChI=1S/C10H8ClN3O2S/c1-2-17(15,16)10-8(5-12)14-6-7(11)3-4-9(14)13-10/h3-4,6H,2H2,1H3. The van der Waals surface area contributed by atoms with Crippen LogP contribution in [0, 0.1) is 11.3 Å². The molecule has 0 bridgehead atoms. The maximum atomic E-state index is 11.8. The van der Waals surface area contributed by atoms with Crippen LogP contribution in [0.3, 0.4) is 0 Å². The molecule has 5 nitrogen and oxygen atoms in total. The Labute approximate surface area is 103 Å². The summed E-state index contributed by atoms with van der Waals surface area (Å²) in [4.78, 5) is 3.96. The van der Waals surface area contributed by atoms with Crippen molar-refractivity contribution in [3.63, 3.8) is 0 Å². The van der Waals surface area contributed by atoms with Crippen LogP contribution in [0.5, 0.6) is 0 Å². The number of pyridine rings is 1. The van der Waals surface area contributed by atoms with E-state index in [2.05, 4.69) is 4.98 Å². The van der Waals surface area contributed by atoms with E-state index in [4.69, 9.17) is 16.9 Å². The topological polar surface area (TPSA) is 75.2 Å². The molecule has 0 unspecified atom stereocenters. The number of rotatable bonds is 2. The third-order valence-corrected chi connectivity index (χ3v) is 4.19. The van der Waals surface area contributed by atoms with Crippen molar-refractivity contribution in [3.05, 3.63) is 29.0 Å². The van der Waals surface area contributed by atoms with Crippen LogP contribution in [0.1, 0.15) is 12.6 Å². The van der Waals surface area contributed by atoms with Gasteiger partial charge in [0.2, 0.25) is 0 Å². The van der Waals surface area contributed by atoms with Crippen LogP contribution >= 0.6 is 11.6 Å². The van der Waals surface area contributed by atoms with E-state index >= 15 is 0 Å². The number of halogens is 1. The number of fused-ring (bicyclic) bond motifs is 1. The zero-order valence-electron chi connectivity index (χ0n) is 8.88. The highest BCUT2D eigenvalue weighted by molar-refractivity contribution is 7.91. The van der Waals surface area contributed by atoms with Crippen molar-refractivity contribution in [1.82, 2.24) is 9.38 Å². The lowest BCUT2D eigenvalue weighted by molar-refractivity contribution is 0.594. The van der Waals surface area contributed by atoms with E-state index in [1.807, 2.05) is 6.07 Å². The summed E-state index contributed by atoms with van der Waals surface area (Å²) in [5.74, 6) is -0.0979. The molecule has 88 valence electrons. The third-order valence-electron chi connectivity index (χ3n) is 2.33. The van der Waals surface area contributed by atoms with Crippen LogP contribution < -0.4 is 0 Å². The van der Waals surface area contributed by atoms with E-state index in [-0.39, 0.29) is 16.5 Å². The molecule has 0 aliphatic rings. The molecule has 0 aliphatic carbocycles. The highest BCUT2D eigenvalue weighted by Gasteiger charge is 2.23. The van der Waals surface area contributed by atoms with Gasteiger partial charge in [0.15, 0.2) is 20.6 Å². The summed E-state index contributed by atoms with van der Waals surface area (Å²) in [5.41, 5.74) is 0.377. The molecule has 0 atom stereocenters. The van der Waals surface area contributed by atoms with Gasteiger partial charge < -0.3 is 0 Å². The molecule has 2 heterocycles. The van der Waals surface area contributed by atoms with Gasteiger partial charge >= 0.3 is 0 Å². The Morgan fingerprint density at radius 1 is 1.53 bits per heavy atom. The van der Waals surface area contributed by atoms with Gasteiger partial charge in [-0.25, -0.2) is 13.4 Å². The molecule has 0 saturated carbocycles. The Morgan fingerprint density at radius 2 is 2.24 bits per heavy atom. The second-order valence-electron chi connectivity index (χ2n) is 3.36. The quantitative estimate of drug-likeness (QED) is 0.831. The molecule has 17 heavy (non-hydrogen) atoms. The first-order valence-corrected chi connectivity index (χ1v) is 6.83. The number of nitrogens with zero attached hydrogens (tertiary/aromatic N) is 3. The maximum absolute atomic E-state index is 11.8. The van der Waals surface area contributed by atoms with Crippen molar-refractivity contribution in [2.75, 3.05) is 5.75 Å². The molecule has 7 heteroatoms. The van der Waals surface area contributed by atoms with E-state index in [0.29, 0.717) is 10.7 Å². The predicted octanol–water partition coefficient (Wildman–Crippen LogP) is 1.65. The summed E-state index contributed by atoms with van der Waals surface area (Å²) in [6, 6.07) is 5.01. The fraction of sp³-hybridized carbons (Fsp3) is 0.200. The molecular formula is C10H8ClN3O2S. The van der Waals surface area contributed by atoms with Crippen molar-refractivity contribution in [2.24, 2.45) is 0 Å². The summed E-state index contributed by atoms with van der Waals surface area (Å²) in [6.45, 7) is 1.51. The average molecular weight is 270 g/mol. The maximum Gasteiger partial charge on any atom is 0.198 e. The molecule has 0 N–H and O–H groups in total. The molecule has 0 aliphatic heterocycles. The van der Waals surface area contributed by atoms with Crippen molar-refractivity contribution in [2.45, 2.75) is 11.9 Å². The van der Waals surface area contributed by atoms with Gasteiger partial charge in [0, 0.05) is 6.20 Å². The molecule has 2 aromatic heterocycles. The Balaban J connectivity index is 2.88. The second-order valence-corrected chi connectivity index (χ2v) is 5.99. The van der Waals surface area contributed by atoms with Gasteiger partial charge in [-0.05, 0) is 12.1 Å². The van der Waals surface area contributed by atoms with Gasteiger partial charge in [-0.15, -0.1) is 0 Å². The molecular weight excluding hydrogens is 262 g/mol. The molecule has 0 aromatic carbocycles. The first kappa shape index (κ1) is 11.9. The lowest BCUT2D eigenvalue weighted by Gasteiger charge is -1.96. The van der Waals surface area contributed by atoms with E-state index in [9.17, 15) is 8.42 Å². The first-order valence-electron chi connectivity index (χ1n) is 4.80.